The highest BCUT2D eigenvalue weighted by molar-refractivity contribution is 6.07. The Morgan fingerprint density at radius 2 is 1.87 bits per heavy atom. The van der Waals surface area contributed by atoms with Crippen LogP contribution in [0, 0.1) is 0 Å². The molecule has 3 heterocycles. The lowest BCUT2D eigenvalue weighted by molar-refractivity contribution is -0.132. The number of fused-ring (bicyclic) bond motifs is 2. The zero-order valence-electron chi connectivity index (χ0n) is 16.9. The van der Waals surface area contributed by atoms with Gasteiger partial charge in [-0.05, 0) is 36.5 Å². The van der Waals surface area contributed by atoms with Crippen molar-refractivity contribution in [1.29, 1.82) is 0 Å². The number of aryl methyl sites for hydroxylation is 1. The first-order chi connectivity index (χ1) is 15.1. The lowest BCUT2D eigenvalue weighted by Crippen LogP contribution is -2.49. The second-order valence-electron chi connectivity index (χ2n) is 8.15. The molecule has 2 atom stereocenters. The summed E-state index contributed by atoms with van der Waals surface area (Å²) in [5.74, 6) is 0.110. The highest BCUT2D eigenvalue weighted by Crippen LogP contribution is 2.49. The average Bonchev–Trinajstić information content (AvgIpc) is 3.44. The highest BCUT2D eigenvalue weighted by Gasteiger charge is 2.58. The minimum absolute atomic E-state index is 0.0140. The van der Waals surface area contributed by atoms with Crippen molar-refractivity contribution in [2.24, 2.45) is 0 Å². The summed E-state index contributed by atoms with van der Waals surface area (Å²) in [5, 5.41) is 9.19. The van der Waals surface area contributed by atoms with Crippen molar-refractivity contribution in [2.75, 3.05) is 11.9 Å². The topological polar surface area (TPSA) is 111 Å². The molecule has 8 heteroatoms. The first-order valence-electron chi connectivity index (χ1n) is 10.5. The number of nitrogens with zero attached hydrogens (tertiary/aromatic N) is 2. The van der Waals surface area contributed by atoms with E-state index in [1.54, 1.807) is 4.90 Å². The number of benzene rings is 2. The van der Waals surface area contributed by atoms with Crippen molar-refractivity contribution in [2.45, 2.75) is 37.1 Å². The summed E-state index contributed by atoms with van der Waals surface area (Å²) in [6.45, 7) is 0.481. The Kier molecular flexibility index (Phi) is 4.69. The highest BCUT2D eigenvalue weighted by atomic mass is 16.2. The van der Waals surface area contributed by atoms with Crippen LogP contribution in [-0.4, -0.2) is 44.5 Å². The summed E-state index contributed by atoms with van der Waals surface area (Å²) in [5.41, 5.74) is 1.75. The normalized spacial score (nSPS) is 22.0. The number of rotatable bonds is 5. The van der Waals surface area contributed by atoms with E-state index in [9.17, 15) is 14.4 Å². The summed E-state index contributed by atoms with van der Waals surface area (Å²) < 4.78 is 0. The van der Waals surface area contributed by atoms with Gasteiger partial charge in [0.25, 0.3) is 0 Å². The van der Waals surface area contributed by atoms with Gasteiger partial charge in [-0.15, -0.1) is 0 Å². The van der Waals surface area contributed by atoms with Crippen LogP contribution >= 0.6 is 0 Å². The van der Waals surface area contributed by atoms with Crippen LogP contribution in [0.15, 0.2) is 59.4 Å². The van der Waals surface area contributed by atoms with Crippen LogP contribution in [0.3, 0.4) is 0 Å². The molecule has 0 bridgehead atoms. The number of hydrogen-bond donors (Lipinski definition) is 3. The number of hydrogen-bond acceptors (Lipinski definition) is 4. The molecule has 5 rings (SSSR count). The summed E-state index contributed by atoms with van der Waals surface area (Å²) in [6.07, 6.45) is 1.97. The minimum Gasteiger partial charge on any atom is -0.338 e. The molecular weight excluding hydrogens is 394 g/mol. The molecular formula is C23H23N5O3. The number of nitrogens with one attached hydrogen (secondary N) is 3. The van der Waals surface area contributed by atoms with Crippen molar-refractivity contribution in [3.05, 3.63) is 82.0 Å². The quantitative estimate of drug-likeness (QED) is 0.587. The monoisotopic (exact) mass is 417 g/mol. The van der Waals surface area contributed by atoms with Crippen LogP contribution in [0.25, 0.3) is 0 Å². The predicted molar refractivity (Wildman–Crippen MR) is 115 cm³/mol. The molecule has 2 amide bonds. The Morgan fingerprint density at radius 1 is 1.10 bits per heavy atom. The van der Waals surface area contributed by atoms with Crippen molar-refractivity contribution >= 4 is 17.5 Å². The molecule has 2 aliphatic heterocycles. The summed E-state index contributed by atoms with van der Waals surface area (Å²) in [4.78, 5) is 42.2. The third-order valence-electron chi connectivity index (χ3n) is 6.49. The van der Waals surface area contributed by atoms with Crippen LogP contribution < -0.4 is 11.0 Å². The van der Waals surface area contributed by atoms with Gasteiger partial charge in [0.2, 0.25) is 11.8 Å². The molecule has 3 aromatic rings. The SMILES string of the molecule is O=C(Cc1n[nH]c(=O)[nH]1)N1CC[C@]2(C(=O)Nc3ccccc32)[C@@H]1CCc1ccccc1. The number of aromatic amines is 2. The van der Waals surface area contributed by atoms with Gasteiger partial charge in [0.15, 0.2) is 0 Å². The van der Waals surface area contributed by atoms with E-state index in [0.717, 1.165) is 17.7 Å². The number of amides is 2. The molecule has 0 radical (unpaired) electrons. The predicted octanol–water partition coefficient (Wildman–Crippen LogP) is 1.76. The molecule has 158 valence electrons. The van der Waals surface area contributed by atoms with E-state index in [0.29, 0.717) is 25.2 Å². The van der Waals surface area contributed by atoms with Crippen LogP contribution in [0.4, 0.5) is 5.69 Å². The number of carbonyl (C=O) groups is 2. The molecule has 2 aliphatic rings. The number of likely N-dealkylation sites (tertiary alicyclic amines) is 1. The number of carbonyl (C=O) groups excluding carboxylic acids is 2. The standard InChI is InChI=1S/C23H23N5O3/c29-20(14-19-25-22(31)27-26-19)28-13-12-23(16-8-4-5-9-17(16)24-21(23)30)18(28)11-10-15-6-2-1-3-7-15/h1-9,18H,10-14H2,(H,24,30)(H2,25,26,27,31)/t18-,23+/m0/s1. The van der Waals surface area contributed by atoms with Gasteiger partial charge in [0.05, 0.1) is 17.9 Å². The minimum atomic E-state index is -0.764. The van der Waals surface area contributed by atoms with Gasteiger partial charge in [0.1, 0.15) is 5.82 Å². The molecule has 0 saturated carbocycles. The average molecular weight is 417 g/mol. The third-order valence-corrected chi connectivity index (χ3v) is 6.49. The first kappa shape index (κ1) is 19.3. The Balaban J connectivity index is 1.48. The molecule has 8 nitrogen and oxygen atoms in total. The molecule has 0 aliphatic carbocycles. The lowest BCUT2D eigenvalue weighted by Gasteiger charge is -2.34. The molecule has 1 fully saturated rings. The summed E-state index contributed by atoms with van der Waals surface area (Å²) >= 11 is 0. The van der Waals surface area contributed by atoms with Gasteiger partial charge >= 0.3 is 5.69 Å². The van der Waals surface area contributed by atoms with Crippen molar-refractivity contribution in [1.82, 2.24) is 20.1 Å². The fourth-order valence-electron chi connectivity index (χ4n) is 5.08. The molecule has 1 aromatic heterocycles. The van der Waals surface area contributed by atoms with E-state index in [2.05, 4.69) is 32.6 Å². The lowest BCUT2D eigenvalue weighted by atomic mass is 9.73. The number of H-pyrrole nitrogens is 2. The first-order valence-corrected chi connectivity index (χ1v) is 10.5. The fraction of sp³-hybridized carbons (Fsp3) is 0.304. The van der Waals surface area contributed by atoms with Gasteiger partial charge < -0.3 is 10.2 Å². The molecule has 1 spiro atoms. The van der Waals surface area contributed by atoms with E-state index < -0.39 is 11.1 Å². The number of para-hydroxylation sites is 1. The van der Waals surface area contributed by atoms with Gasteiger partial charge in [-0.2, -0.15) is 5.10 Å². The maximum atomic E-state index is 13.3. The van der Waals surface area contributed by atoms with Crippen molar-refractivity contribution < 1.29 is 9.59 Å². The molecule has 0 unspecified atom stereocenters. The Bertz CT molecular complexity index is 1180. The second-order valence-corrected chi connectivity index (χ2v) is 8.15. The van der Waals surface area contributed by atoms with E-state index in [4.69, 9.17) is 0 Å². The zero-order chi connectivity index (χ0) is 21.4. The number of anilines is 1. The van der Waals surface area contributed by atoms with Gasteiger partial charge in [-0.1, -0.05) is 48.5 Å². The van der Waals surface area contributed by atoms with Gasteiger partial charge in [-0.3, -0.25) is 14.6 Å². The zero-order valence-corrected chi connectivity index (χ0v) is 16.9. The van der Waals surface area contributed by atoms with Crippen molar-refractivity contribution in [3.63, 3.8) is 0 Å². The van der Waals surface area contributed by atoms with Crippen LogP contribution in [-0.2, 0) is 27.8 Å². The summed E-state index contributed by atoms with van der Waals surface area (Å²) in [6, 6.07) is 17.5. The number of aromatic nitrogens is 3. The summed E-state index contributed by atoms with van der Waals surface area (Å²) in [7, 11) is 0. The molecule has 2 aromatic carbocycles. The second kappa shape index (κ2) is 7.54. The van der Waals surface area contributed by atoms with Crippen LogP contribution in [0.5, 0.6) is 0 Å². The Morgan fingerprint density at radius 3 is 2.65 bits per heavy atom. The maximum absolute atomic E-state index is 13.3. The fourth-order valence-corrected chi connectivity index (χ4v) is 5.08. The van der Waals surface area contributed by atoms with E-state index in [1.807, 2.05) is 42.5 Å². The largest absolute Gasteiger partial charge is 0.340 e. The van der Waals surface area contributed by atoms with E-state index >= 15 is 0 Å². The Hall–Kier alpha value is -3.68. The van der Waals surface area contributed by atoms with Crippen LogP contribution in [0.1, 0.15) is 29.8 Å². The molecule has 1 saturated heterocycles. The Labute approximate surface area is 178 Å². The third kappa shape index (κ3) is 3.24. The van der Waals surface area contributed by atoms with E-state index in [1.165, 1.54) is 5.56 Å². The van der Waals surface area contributed by atoms with Crippen LogP contribution in [0.2, 0.25) is 0 Å². The van der Waals surface area contributed by atoms with Gasteiger partial charge in [-0.25, -0.2) is 9.89 Å². The van der Waals surface area contributed by atoms with Crippen molar-refractivity contribution in [3.8, 4) is 0 Å². The smallest absolute Gasteiger partial charge is 0.338 e. The van der Waals surface area contributed by atoms with E-state index in [-0.39, 0.29) is 24.3 Å². The van der Waals surface area contributed by atoms with Gasteiger partial charge in [0, 0.05) is 12.2 Å². The molecule has 31 heavy (non-hydrogen) atoms. The molecule has 3 N–H and O–H groups in total. The maximum Gasteiger partial charge on any atom is 0.340 e.